The van der Waals surface area contributed by atoms with E-state index >= 15 is 0 Å². The van der Waals surface area contributed by atoms with Crippen molar-refractivity contribution in [2.45, 2.75) is 32.6 Å². The first-order valence-corrected chi connectivity index (χ1v) is 8.16. The highest BCUT2D eigenvalue weighted by Gasteiger charge is 2.28. The number of hydrogen-bond acceptors (Lipinski definition) is 2. The van der Waals surface area contributed by atoms with Crippen molar-refractivity contribution in [2.75, 3.05) is 6.61 Å². The van der Waals surface area contributed by atoms with Crippen LogP contribution in [0.25, 0.3) is 11.6 Å². The minimum Gasteiger partial charge on any atom is -0.493 e. The molecule has 1 aliphatic heterocycles. The zero-order chi connectivity index (χ0) is 17.3. The van der Waals surface area contributed by atoms with Crippen LogP contribution < -0.4 is 4.74 Å². The SMILES string of the molecule is CC(=Cc1ccc(C(=O)O)cc1)c1ccc2c(c1)OCCC2(C)C. The van der Waals surface area contributed by atoms with Crippen LogP contribution >= 0.6 is 0 Å². The van der Waals surface area contributed by atoms with Crippen molar-refractivity contribution in [1.29, 1.82) is 0 Å². The lowest BCUT2D eigenvalue weighted by Gasteiger charge is -2.32. The lowest BCUT2D eigenvalue weighted by molar-refractivity contribution is 0.0697. The van der Waals surface area contributed by atoms with Crippen LogP contribution in [-0.4, -0.2) is 17.7 Å². The van der Waals surface area contributed by atoms with Gasteiger partial charge in [0.25, 0.3) is 0 Å². The minimum absolute atomic E-state index is 0.149. The summed E-state index contributed by atoms with van der Waals surface area (Å²) in [6.45, 7) is 7.31. The van der Waals surface area contributed by atoms with E-state index in [9.17, 15) is 4.79 Å². The summed E-state index contributed by atoms with van der Waals surface area (Å²) in [6, 6.07) is 13.3. The summed E-state index contributed by atoms with van der Waals surface area (Å²) < 4.78 is 5.85. The minimum atomic E-state index is -0.906. The third kappa shape index (κ3) is 3.21. The summed E-state index contributed by atoms with van der Waals surface area (Å²) in [5.41, 5.74) is 4.93. The van der Waals surface area contributed by atoms with E-state index in [2.05, 4.69) is 45.0 Å². The van der Waals surface area contributed by atoms with E-state index in [1.54, 1.807) is 12.1 Å². The van der Waals surface area contributed by atoms with Crippen molar-refractivity contribution in [3.05, 3.63) is 64.7 Å². The van der Waals surface area contributed by atoms with Crippen LogP contribution in [0.15, 0.2) is 42.5 Å². The number of fused-ring (bicyclic) bond motifs is 1. The Morgan fingerprint density at radius 2 is 1.79 bits per heavy atom. The largest absolute Gasteiger partial charge is 0.493 e. The molecule has 1 aliphatic rings. The third-order valence-electron chi connectivity index (χ3n) is 4.69. The number of benzene rings is 2. The van der Waals surface area contributed by atoms with Crippen molar-refractivity contribution in [3.8, 4) is 5.75 Å². The normalized spacial score (nSPS) is 16.2. The molecule has 0 bridgehead atoms. The average Bonchev–Trinajstić information content (AvgIpc) is 2.54. The highest BCUT2D eigenvalue weighted by atomic mass is 16.5. The lowest BCUT2D eigenvalue weighted by atomic mass is 9.79. The molecule has 3 heteroatoms. The number of rotatable bonds is 3. The van der Waals surface area contributed by atoms with E-state index in [4.69, 9.17) is 9.84 Å². The molecule has 24 heavy (non-hydrogen) atoms. The Bertz CT molecular complexity index is 798. The summed E-state index contributed by atoms with van der Waals surface area (Å²) in [7, 11) is 0. The fourth-order valence-corrected chi connectivity index (χ4v) is 3.05. The first-order valence-electron chi connectivity index (χ1n) is 8.16. The van der Waals surface area contributed by atoms with E-state index in [0.29, 0.717) is 5.56 Å². The Labute approximate surface area is 142 Å². The van der Waals surface area contributed by atoms with Crippen LogP contribution in [0.2, 0.25) is 0 Å². The van der Waals surface area contributed by atoms with Crippen molar-refractivity contribution in [1.82, 2.24) is 0 Å². The quantitative estimate of drug-likeness (QED) is 0.808. The second-order valence-electron chi connectivity index (χ2n) is 6.95. The molecule has 3 rings (SSSR count). The Morgan fingerprint density at radius 1 is 1.12 bits per heavy atom. The molecule has 0 amide bonds. The Kier molecular flexibility index (Phi) is 4.18. The summed E-state index contributed by atoms with van der Waals surface area (Å²) in [6.07, 6.45) is 3.09. The van der Waals surface area contributed by atoms with Gasteiger partial charge in [0.2, 0.25) is 0 Å². The summed E-state index contributed by atoms with van der Waals surface area (Å²) >= 11 is 0. The molecule has 0 saturated carbocycles. The first kappa shape index (κ1) is 16.3. The van der Waals surface area contributed by atoms with Gasteiger partial charge in [-0.05, 0) is 59.2 Å². The average molecular weight is 322 g/mol. The van der Waals surface area contributed by atoms with Gasteiger partial charge >= 0.3 is 5.97 Å². The van der Waals surface area contributed by atoms with Gasteiger partial charge in [0, 0.05) is 0 Å². The number of carboxylic acids is 1. The van der Waals surface area contributed by atoms with Crippen molar-refractivity contribution < 1.29 is 14.6 Å². The topological polar surface area (TPSA) is 46.5 Å². The van der Waals surface area contributed by atoms with Crippen LogP contribution in [0, 0.1) is 0 Å². The molecule has 124 valence electrons. The fraction of sp³-hybridized carbons (Fsp3) is 0.286. The van der Waals surface area contributed by atoms with Gasteiger partial charge in [-0.15, -0.1) is 0 Å². The zero-order valence-corrected chi connectivity index (χ0v) is 14.3. The predicted molar refractivity (Wildman–Crippen MR) is 96.5 cm³/mol. The highest BCUT2D eigenvalue weighted by Crippen LogP contribution is 2.39. The smallest absolute Gasteiger partial charge is 0.335 e. The fourth-order valence-electron chi connectivity index (χ4n) is 3.05. The Morgan fingerprint density at radius 3 is 2.46 bits per heavy atom. The van der Waals surface area contributed by atoms with Crippen LogP contribution in [0.1, 0.15) is 54.2 Å². The van der Waals surface area contributed by atoms with Gasteiger partial charge in [-0.2, -0.15) is 0 Å². The zero-order valence-electron chi connectivity index (χ0n) is 14.3. The Hall–Kier alpha value is -2.55. The Balaban J connectivity index is 1.90. The number of allylic oxidation sites excluding steroid dienone is 1. The molecule has 1 heterocycles. The second-order valence-corrected chi connectivity index (χ2v) is 6.95. The maximum atomic E-state index is 10.9. The van der Waals surface area contributed by atoms with Crippen LogP contribution in [0.4, 0.5) is 0 Å². The molecule has 0 aromatic heterocycles. The van der Waals surface area contributed by atoms with Crippen LogP contribution in [0.5, 0.6) is 5.75 Å². The maximum Gasteiger partial charge on any atom is 0.335 e. The van der Waals surface area contributed by atoms with Gasteiger partial charge in [-0.25, -0.2) is 4.79 Å². The van der Waals surface area contributed by atoms with Gasteiger partial charge in [0.05, 0.1) is 12.2 Å². The maximum absolute atomic E-state index is 10.9. The molecule has 0 saturated heterocycles. The van der Waals surface area contributed by atoms with E-state index in [1.165, 1.54) is 5.56 Å². The molecule has 3 nitrogen and oxygen atoms in total. The molecular weight excluding hydrogens is 300 g/mol. The van der Waals surface area contributed by atoms with Gasteiger partial charge in [-0.1, -0.05) is 44.2 Å². The van der Waals surface area contributed by atoms with Crippen molar-refractivity contribution >= 4 is 17.6 Å². The highest BCUT2D eigenvalue weighted by molar-refractivity contribution is 5.88. The number of carbonyl (C=O) groups is 1. The molecule has 2 aromatic rings. The van der Waals surface area contributed by atoms with Gasteiger partial charge in [0.15, 0.2) is 0 Å². The van der Waals surface area contributed by atoms with Gasteiger partial charge < -0.3 is 9.84 Å². The van der Waals surface area contributed by atoms with Crippen molar-refractivity contribution in [3.63, 3.8) is 0 Å². The second kappa shape index (κ2) is 6.16. The van der Waals surface area contributed by atoms with Crippen LogP contribution in [-0.2, 0) is 5.41 Å². The van der Waals surface area contributed by atoms with Crippen LogP contribution in [0.3, 0.4) is 0 Å². The molecular formula is C21H22O3. The first-order chi connectivity index (χ1) is 11.4. The lowest BCUT2D eigenvalue weighted by Crippen LogP contribution is -2.26. The molecule has 1 N–H and O–H groups in total. The number of carboxylic acid groups (broad SMARTS) is 1. The standard InChI is InChI=1S/C21H22O3/c1-14(12-15-4-6-16(7-5-15)20(22)23)17-8-9-18-19(13-17)24-11-10-21(18,2)3/h4-9,12-13H,10-11H2,1-3H3,(H,22,23). The summed E-state index contributed by atoms with van der Waals surface area (Å²) in [5, 5.41) is 8.96. The van der Waals surface area contributed by atoms with E-state index in [-0.39, 0.29) is 5.41 Å². The van der Waals surface area contributed by atoms with Gasteiger partial charge in [0.1, 0.15) is 5.75 Å². The molecule has 0 atom stereocenters. The molecule has 0 aliphatic carbocycles. The number of aromatic carboxylic acids is 1. The van der Waals surface area contributed by atoms with E-state index in [1.807, 2.05) is 12.1 Å². The molecule has 0 unspecified atom stereocenters. The molecule has 0 radical (unpaired) electrons. The van der Waals surface area contributed by atoms with E-state index in [0.717, 1.165) is 35.5 Å². The third-order valence-corrected chi connectivity index (χ3v) is 4.69. The van der Waals surface area contributed by atoms with Crippen molar-refractivity contribution in [2.24, 2.45) is 0 Å². The molecule has 0 fully saturated rings. The monoisotopic (exact) mass is 322 g/mol. The summed E-state index contributed by atoms with van der Waals surface area (Å²) in [5.74, 6) is 0.0643. The summed E-state index contributed by atoms with van der Waals surface area (Å²) in [4.78, 5) is 10.9. The van der Waals surface area contributed by atoms with E-state index < -0.39 is 5.97 Å². The number of hydrogen-bond donors (Lipinski definition) is 1. The molecule has 2 aromatic carbocycles. The predicted octanol–water partition coefficient (Wildman–Crippen LogP) is 5.01. The molecule has 0 spiro atoms. The number of ether oxygens (including phenoxy) is 1. The van der Waals surface area contributed by atoms with Gasteiger partial charge in [-0.3, -0.25) is 0 Å².